The monoisotopic (exact) mass is 504 g/mol. The molecule has 1 fully saturated rings. The van der Waals surface area contributed by atoms with E-state index in [1.54, 1.807) is 0 Å². The number of ketones is 1. The molecule has 0 saturated carbocycles. The Morgan fingerprint density at radius 2 is 1.45 bits per heavy atom. The second kappa shape index (κ2) is 9.98. The van der Waals surface area contributed by atoms with Gasteiger partial charge in [0.2, 0.25) is 0 Å². The van der Waals surface area contributed by atoms with Crippen molar-refractivity contribution in [3.63, 3.8) is 0 Å². The van der Waals surface area contributed by atoms with Gasteiger partial charge in [-0.3, -0.25) is 9.59 Å². The van der Waals surface area contributed by atoms with E-state index in [4.69, 9.17) is 0 Å². The van der Waals surface area contributed by atoms with Crippen LogP contribution in [0.25, 0.3) is 11.1 Å². The van der Waals surface area contributed by atoms with Crippen LogP contribution in [0, 0.1) is 0 Å². The number of hydrogen-bond donors (Lipinski definition) is 0. The van der Waals surface area contributed by atoms with Gasteiger partial charge in [0.15, 0.2) is 5.78 Å². The lowest BCUT2D eigenvalue weighted by Gasteiger charge is -2.35. The summed E-state index contributed by atoms with van der Waals surface area (Å²) in [4.78, 5) is 34.7. The third-order valence-electron chi connectivity index (χ3n) is 8.69. The van der Waals surface area contributed by atoms with Gasteiger partial charge in [-0.15, -0.1) is 0 Å². The zero-order valence-corrected chi connectivity index (χ0v) is 22.6. The Morgan fingerprint density at radius 1 is 0.816 bits per heavy atom. The number of likely N-dealkylation sites (tertiary alicyclic amines) is 1. The number of benzene rings is 3. The van der Waals surface area contributed by atoms with Crippen molar-refractivity contribution in [3.05, 3.63) is 94.0 Å². The van der Waals surface area contributed by atoms with Gasteiger partial charge < -0.3 is 4.90 Å². The van der Waals surface area contributed by atoms with E-state index in [-0.39, 0.29) is 11.7 Å². The highest BCUT2D eigenvalue weighted by atomic mass is 16.1. The van der Waals surface area contributed by atoms with Gasteiger partial charge in [-0.25, -0.2) is 0 Å². The third-order valence-corrected chi connectivity index (χ3v) is 8.69. The molecule has 1 aliphatic carbocycles. The zero-order valence-electron chi connectivity index (χ0n) is 22.6. The van der Waals surface area contributed by atoms with Crippen LogP contribution >= 0.6 is 0 Å². The Balaban J connectivity index is 1.68. The molecule has 3 aromatic carbocycles. The van der Waals surface area contributed by atoms with E-state index in [1.807, 2.05) is 6.07 Å². The summed E-state index contributed by atoms with van der Waals surface area (Å²) in [6, 6.07) is 20.9. The van der Waals surface area contributed by atoms with Crippen LogP contribution < -0.4 is 0 Å². The van der Waals surface area contributed by atoms with E-state index in [2.05, 4.69) is 78.3 Å². The number of amidine groups is 1. The number of nitrogens with zero attached hydrogens (tertiary/aromatic N) is 2. The highest BCUT2D eigenvalue weighted by molar-refractivity contribution is 6.21. The second-order valence-corrected chi connectivity index (χ2v) is 10.9. The first-order valence-corrected chi connectivity index (χ1v) is 14.4. The number of amides is 1. The number of fused-ring (bicyclic) bond motifs is 4. The minimum absolute atomic E-state index is 0.148. The molecule has 3 aliphatic rings. The Labute approximate surface area is 225 Å². The maximum atomic E-state index is 14.7. The van der Waals surface area contributed by atoms with Crippen LogP contribution in [0.3, 0.4) is 0 Å². The van der Waals surface area contributed by atoms with E-state index in [0.717, 1.165) is 103 Å². The maximum Gasteiger partial charge on any atom is 0.279 e. The smallest absolute Gasteiger partial charge is 0.279 e. The average Bonchev–Trinajstić information content (AvgIpc) is 3.67. The van der Waals surface area contributed by atoms with Gasteiger partial charge in [-0.05, 0) is 71.6 Å². The summed E-state index contributed by atoms with van der Waals surface area (Å²) >= 11 is 0. The molecule has 0 bridgehead atoms. The largest absolute Gasteiger partial charge is 0.356 e. The van der Waals surface area contributed by atoms with Crippen LogP contribution in [-0.4, -0.2) is 35.5 Å². The lowest BCUT2D eigenvalue weighted by molar-refractivity contribution is -0.122. The molecule has 0 N–H and O–H groups in total. The van der Waals surface area contributed by atoms with Gasteiger partial charge in [-0.2, -0.15) is 4.99 Å². The Kier molecular flexibility index (Phi) is 6.51. The summed E-state index contributed by atoms with van der Waals surface area (Å²) in [5, 5.41) is 0. The van der Waals surface area contributed by atoms with Crippen molar-refractivity contribution in [2.75, 3.05) is 13.1 Å². The highest BCUT2D eigenvalue weighted by Crippen LogP contribution is 2.55. The molecular weight excluding hydrogens is 468 g/mol. The lowest BCUT2D eigenvalue weighted by Crippen LogP contribution is -2.38. The molecule has 38 heavy (non-hydrogen) atoms. The van der Waals surface area contributed by atoms with E-state index in [9.17, 15) is 9.59 Å². The van der Waals surface area contributed by atoms with Gasteiger partial charge in [-0.1, -0.05) is 81.3 Å². The van der Waals surface area contributed by atoms with Crippen molar-refractivity contribution in [2.24, 2.45) is 4.99 Å². The summed E-state index contributed by atoms with van der Waals surface area (Å²) in [5.41, 5.74) is 7.39. The third kappa shape index (κ3) is 3.60. The fourth-order valence-electron chi connectivity index (χ4n) is 6.92. The number of aliphatic imine (C=N–C) groups is 1. The number of Topliss-reactive ketones (excluding diaryl/α,β-unsaturated/α-hetero) is 1. The van der Waals surface area contributed by atoms with Gasteiger partial charge in [0.1, 0.15) is 11.3 Å². The molecule has 4 nitrogen and oxygen atoms in total. The molecule has 0 spiro atoms. The van der Waals surface area contributed by atoms with Crippen LogP contribution in [0.15, 0.2) is 65.7 Å². The molecule has 2 heterocycles. The predicted octanol–water partition coefficient (Wildman–Crippen LogP) is 7.10. The van der Waals surface area contributed by atoms with Crippen LogP contribution in [0.2, 0.25) is 0 Å². The fraction of sp³-hybridized carbons (Fsp3) is 0.382. The first-order valence-electron chi connectivity index (χ1n) is 14.4. The van der Waals surface area contributed by atoms with E-state index in [0.29, 0.717) is 12.0 Å². The minimum Gasteiger partial charge on any atom is -0.356 e. The average molecular weight is 505 g/mol. The van der Waals surface area contributed by atoms with Gasteiger partial charge in [0.05, 0.1) is 5.56 Å². The topological polar surface area (TPSA) is 49.7 Å². The van der Waals surface area contributed by atoms with Crippen LogP contribution in [-0.2, 0) is 16.6 Å². The van der Waals surface area contributed by atoms with E-state index in [1.165, 1.54) is 0 Å². The highest BCUT2D eigenvalue weighted by Gasteiger charge is 2.51. The molecule has 3 aromatic rings. The SMILES string of the molecule is CCCCC(=O)C1(c2ccc3c(c2CCCC)C(N2CCCC2)=NC3=O)c2ccccc2-c2ccccc21. The first-order chi connectivity index (χ1) is 18.6. The normalized spacial score (nSPS) is 16.8. The number of rotatable bonds is 8. The summed E-state index contributed by atoms with van der Waals surface area (Å²) in [7, 11) is 0. The van der Waals surface area contributed by atoms with Crippen LogP contribution in [0.4, 0.5) is 0 Å². The Bertz CT molecular complexity index is 1400. The molecule has 0 aromatic heterocycles. The molecular formula is C34H36N2O2. The molecule has 0 unspecified atom stereocenters. The number of carbonyl (C=O) groups is 2. The quantitative estimate of drug-likeness (QED) is 0.329. The maximum absolute atomic E-state index is 14.7. The second-order valence-electron chi connectivity index (χ2n) is 10.9. The fourth-order valence-corrected chi connectivity index (χ4v) is 6.92. The predicted molar refractivity (Wildman–Crippen MR) is 153 cm³/mol. The van der Waals surface area contributed by atoms with E-state index >= 15 is 0 Å². The molecule has 0 atom stereocenters. The summed E-state index contributed by atoms with van der Waals surface area (Å²) in [6.07, 6.45) is 7.44. The molecule has 1 saturated heterocycles. The zero-order chi connectivity index (χ0) is 26.3. The van der Waals surface area contributed by atoms with Crippen molar-refractivity contribution in [1.82, 2.24) is 4.90 Å². The van der Waals surface area contributed by atoms with E-state index < -0.39 is 5.41 Å². The molecule has 6 rings (SSSR count). The Hall–Kier alpha value is -3.53. The molecule has 1 amide bonds. The van der Waals surface area contributed by atoms with Crippen molar-refractivity contribution in [3.8, 4) is 11.1 Å². The number of unbranched alkanes of at least 4 members (excludes halogenated alkanes) is 2. The standard InChI is InChI=1S/C34H36N2O2/c1-3-5-13-25-29(20-19-26-31(25)32(35-33(26)38)36-21-11-12-22-36)34(30(37)18-6-4-2)27-16-9-7-14-23(27)24-15-8-10-17-28(24)34/h7-10,14-17,19-20H,3-6,11-13,18,21-22H2,1-2H3. The van der Waals surface area contributed by atoms with Gasteiger partial charge in [0, 0.05) is 25.1 Å². The van der Waals surface area contributed by atoms with Crippen LogP contribution in [0.1, 0.15) is 97.0 Å². The summed E-state index contributed by atoms with van der Waals surface area (Å²) in [5.74, 6) is 0.925. The van der Waals surface area contributed by atoms with Gasteiger partial charge in [0.25, 0.3) is 5.91 Å². The molecule has 4 heteroatoms. The van der Waals surface area contributed by atoms with Crippen molar-refractivity contribution in [2.45, 2.75) is 70.6 Å². The summed E-state index contributed by atoms with van der Waals surface area (Å²) < 4.78 is 0. The summed E-state index contributed by atoms with van der Waals surface area (Å²) in [6.45, 7) is 6.19. The van der Waals surface area contributed by atoms with Gasteiger partial charge >= 0.3 is 0 Å². The molecule has 0 radical (unpaired) electrons. The number of hydrogen-bond acceptors (Lipinski definition) is 3. The lowest BCUT2D eigenvalue weighted by atomic mass is 9.65. The molecule has 2 aliphatic heterocycles. The van der Waals surface area contributed by atoms with Crippen molar-refractivity contribution in [1.29, 1.82) is 0 Å². The number of carbonyl (C=O) groups excluding carboxylic acids is 2. The first kappa shape index (κ1) is 24.8. The molecule has 194 valence electrons. The van der Waals surface area contributed by atoms with Crippen molar-refractivity contribution < 1.29 is 9.59 Å². The minimum atomic E-state index is -0.887. The van der Waals surface area contributed by atoms with Crippen molar-refractivity contribution >= 4 is 17.5 Å². The van der Waals surface area contributed by atoms with Crippen LogP contribution in [0.5, 0.6) is 0 Å². The Morgan fingerprint density at radius 3 is 2.08 bits per heavy atom.